The highest BCUT2D eigenvalue weighted by atomic mass is 28.4. The Morgan fingerprint density at radius 3 is 1.73 bits per heavy atom. The summed E-state index contributed by atoms with van der Waals surface area (Å²) in [7, 11) is 1.55. The zero-order valence-electron chi connectivity index (χ0n) is 10.6. The standard InChI is InChI=1S/C11H24O3Si/c1-7-15(8-2,9-3)14-10(4)11(12-5)13-6/h11H,4,7-9H2,1-3,5-6H3. The van der Waals surface area contributed by atoms with Crippen LogP contribution in [0.4, 0.5) is 0 Å². The number of hydrogen-bond acceptors (Lipinski definition) is 3. The van der Waals surface area contributed by atoms with Crippen LogP contribution in [-0.4, -0.2) is 28.8 Å². The molecule has 0 aliphatic carbocycles. The van der Waals surface area contributed by atoms with Gasteiger partial charge in [-0.25, -0.2) is 0 Å². The average Bonchev–Trinajstić information content (AvgIpc) is 2.28. The van der Waals surface area contributed by atoms with Crippen LogP contribution in [-0.2, 0) is 13.9 Å². The predicted molar refractivity (Wildman–Crippen MR) is 65.2 cm³/mol. The van der Waals surface area contributed by atoms with Crippen LogP contribution in [0, 0.1) is 0 Å². The van der Waals surface area contributed by atoms with Crippen LogP contribution in [0.15, 0.2) is 12.3 Å². The molecule has 0 saturated heterocycles. The van der Waals surface area contributed by atoms with E-state index in [4.69, 9.17) is 13.9 Å². The third kappa shape index (κ3) is 3.97. The first-order chi connectivity index (χ1) is 7.09. The molecule has 0 aromatic carbocycles. The topological polar surface area (TPSA) is 27.7 Å². The van der Waals surface area contributed by atoms with Gasteiger partial charge in [0.25, 0.3) is 0 Å². The summed E-state index contributed by atoms with van der Waals surface area (Å²) >= 11 is 0. The lowest BCUT2D eigenvalue weighted by atomic mass is 10.5. The second kappa shape index (κ2) is 7.03. The van der Waals surface area contributed by atoms with Gasteiger partial charge in [-0.2, -0.15) is 0 Å². The number of ether oxygens (including phenoxy) is 2. The quantitative estimate of drug-likeness (QED) is 0.365. The molecule has 0 bridgehead atoms. The Labute approximate surface area is 94.5 Å². The Balaban J connectivity index is 4.46. The summed E-state index contributed by atoms with van der Waals surface area (Å²) in [4.78, 5) is 0. The monoisotopic (exact) mass is 232 g/mol. The molecule has 0 saturated carbocycles. The molecule has 0 N–H and O–H groups in total. The molecule has 4 heteroatoms. The summed E-state index contributed by atoms with van der Waals surface area (Å²) in [6, 6.07) is 3.29. The van der Waals surface area contributed by atoms with Gasteiger partial charge >= 0.3 is 0 Å². The molecule has 0 amide bonds. The fourth-order valence-corrected chi connectivity index (χ4v) is 4.24. The van der Waals surface area contributed by atoms with Crippen LogP contribution in [0.2, 0.25) is 18.1 Å². The van der Waals surface area contributed by atoms with E-state index >= 15 is 0 Å². The van der Waals surface area contributed by atoms with Crippen molar-refractivity contribution in [3.8, 4) is 0 Å². The number of rotatable bonds is 8. The van der Waals surface area contributed by atoms with Crippen LogP contribution >= 0.6 is 0 Å². The van der Waals surface area contributed by atoms with Crippen molar-refractivity contribution in [1.82, 2.24) is 0 Å². The van der Waals surface area contributed by atoms with Crippen LogP contribution < -0.4 is 0 Å². The number of hydrogen-bond donors (Lipinski definition) is 0. The molecule has 0 heterocycles. The van der Waals surface area contributed by atoms with Crippen molar-refractivity contribution in [1.29, 1.82) is 0 Å². The normalized spacial score (nSPS) is 11.9. The zero-order chi connectivity index (χ0) is 11.9. The van der Waals surface area contributed by atoms with Gasteiger partial charge < -0.3 is 13.9 Å². The van der Waals surface area contributed by atoms with Crippen molar-refractivity contribution in [2.45, 2.75) is 45.2 Å². The largest absolute Gasteiger partial charge is 0.543 e. The van der Waals surface area contributed by atoms with Crippen molar-refractivity contribution in [2.75, 3.05) is 14.2 Å². The Bertz CT molecular complexity index is 178. The molecule has 0 aromatic rings. The van der Waals surface area contributed by atoms with Gasteiger partial charge in [0.05, 0.1) is 0 Å². The van der Waals surface area contributed by atoms with Gasteiger partial charge in [0.15, 0.2) is 0 Å². The van der Waals surface area contributed by atoms with Gasteiger partial charge in [-0.1, -0.05) is 27.4 Å². The van der Waals surface area contributed by atoms with Crippen LogP contribution in [0.3, 0.4) is 0 Å². The van der Waals surface area contributed by atoms with Crippen molar-refractivity contribution < 1.29 is 13.9 Å². The first kappa shape index (κ1) is 14.7. The highest BCUT2D eigenvalue weighted by Gasteiger charge is 2.32. The first-order valence-electron chi connectivity index (χ1n) is 5.52. The van der Waals surface area contributed by atoms with E-state index < -0.39 is 14.6 Å². The molecule has 0 aliphatic rings. The second-order valence-corrected chi connectivity index (χ2v) is 8.31. The smallest absolute Gasteiger partial charge is 0.250 e. The molecule has 15 heavy (non-hydrogen) atoms. The molecule has 0 unspecified atom stereocenters. The highest BCUT2D eigenvalue weighted by Crippen LogP contribution is 2.25. The molecule has 0 atom stereocenters. The lowest BCUT2D eigenvalue weighted by Gasteiger charge is -2.31. The van der Waals surface area contributed by atoms with E-state index in [0.29, 0.717) is 5.76 Å². The lowest BCUT2D eigenvalue weighted by Crippen LogP contribution is -2.37. The van der Waals surface area contributed by atoms with Crippen LogP contribution in [0.25, 0.3) is 0 Å². The second-order valence-electron chi connectivity index (χ2n) is 3.62. The molecular formula is C11H24O3Si. The maximum Gasteiger partial charge on any atom is 0.250 e. The maximum absolute atomic E-state index is 6.02. The van der Waals surface area contributed by atoms with Crippen molar-refractivity contribution >= 4 is 8.32 Å². The van der Waals surface area contributed by atoms with Crippen LogP contribution in [0.5, 0.6) is 0 Å². The fraction of sp³-hybridized carbons (Fsp3) is 0.818. The number of methoxy groups -OCH3 is 2. The molecule has 0 spiro atoms. The SMILES string of the molecule is C=C(O[Si](CC)(CC)CC)C(OC)OC. The van der Waals surface area contributed by atoms with E-state index in [0.717, 1.165) is 18.1 Å². The van der Waals surface area contributed by atoms with Crippen molar-refractivity contribution in [3.63, 3.8) is 0 Å². The minimum atomic E-state index is -1.64. The summed E-state index contributed by atoms with van der Waals surface area (Å²) in [6.07, 6.45) is -0.443. The molecule has 0 rings (SSSR count). The van der Waals surface area contributed by atoms with Gasteiger partial charge in [-0.05, 0) is 18.1 Å². The Hall–Kier alpha value is -0.323. The van der Waals surface area contributed by atoms with Crippen molar-refractivity contribution in [2.24, 2.45) is 0 Å². The van der Waals surface area contributed by atoms with Gasteiger partial charge in [-0.3, -0.25) is 0 Å². The summed E-state index contributed by atoms with van der Waals surface area (Å²) < 4.78 is 16.3. The van der Waals surface area contributed by atoms with E-state index in [1.165, 1.54) is 0 Å². The van der Waals surface area contributed by atoms with E-state index in [9.17, 15) is 0 Å². The van der Waals surface area contributed by atoms with E-state index in [2.05, 4.69) is 27.4 Å². The molecule has 90 valence electrons. The van der Waals surface area contributed by atoms with Crippen molar-refractivity contribution in [3.05, 3.63) is 12.3 Å². The summed E-state index contributed by atoms with van der Waals surface area (Å²) in [5.74, 6) is 0.609. The molecular weight excluding hydrogens is 208 g/mol. The highest BCUT2D eigenvalue weighted by molar-refractivity contribution is 6.73. The first-order valence-corrected chi connectivity index (χ1v) is 8.05. The average molecular weight is 232 g/mol. The molecule has 3 nitrogen and oxygen atoms in total. The molecule has 0 fully saturated rings. The molecule has 0 aromatic heterocycles. The minimum absolute atomic E-state index is 0.443. The summed E-state index contributed by atoms with van der Waals surface area (Å²) in [6.45, 7) is 10.4. The Morgan fingerprint density at radius 1 is 1.07 bits per heavy atom. The maximum atomic E-state index is 6.02. The van der Waals surface area contributed by atoms with Gasteiger partial charge in [0.1, 0.15) is 5.76 Å². The Kier molecular flexibility index (Phi) is 6.88. The molecule has 0 radical (unpaired) electrons. The summed E-state index contributed by atoms with van der Waals surface area (Å²) in [5.41, 5.74) is 0. The zero-order valence-corrected chi connectivity index (χ0v) is 11.6. The van der Waals surface area contributed by atoms with Gasteiger partial charge in [-0.15, -0.1) is 0 Å². The van der Waals surface area contributed by atoms with Gasteiger partial charge in [0.2, 0.25) is 14.6 Å². The lowest BCUT2D eigenvalue weighted by molar-refractivity contribution is -0.0938. The third-order valence-corrected chi connectivity index (χ3v) is 7.53. The fourth-order valence-electron chi connectivity index (χ4n) is 1.65. The van der Waals surface area contributed by atoms with Gasteiger partial charge in [0, 0.05) is 14.2 Å². The summed E-state index contributed by atoms with van der Waals surface area (Å²) in [5, 5.41) is 0. The predicted octanol–water partition coefficient (Wildman–Crippen LogP) is 3.14. The van der Waals surface area contributed by atoms with E-state index in [-0.39, 0.29) is 0 Å². The third-order valence-electron chi connectivity index (χ3n) is 2.97. The Morgan fingerprint density at radius 2 is 1.47 bits per heavy atom. The van der Waals surface area contributed by atoms with E-state index in [1.54, 1.807) is 14.2 Å². The van der Waals surface area contributed by atoms with Crippen LogP contribution in [0.1, 0.15) is 20.8 Å². The molecule has 0 aliphatic heterocycles. The minimum Gasteiger partial charge on any atom is -0.543 e. The van der Waals surface area contributed by atoms with E-state index in [1.807, 2.05) is 0 Å².